The van der Waals surface area contributed by atoms with Gasteiger partial charge in [-0.2, -0.15) is 0 Å². The Kier molecular flexibility index (Phi) is 16.9. The average molecular weight is 468 g/mol. The first-order chi connectivity index (χ1) is 14.1. The van der Waals surface area contributed by atoms with E-state index in [1.807, 2.05) is 6.92 Å². The summed E-state index contributed by atoms with van der Waals surface area (Å²) in [5, 5.41) is 0.0999. The predicted molar refractivity (Wildman–Crippen MR) is 130 cm³/mol. The minimum atomic E-state index is -0.989. The van der Waals surface area contributed by atoms with Gasteiger partial charge in [0.1, 0.15) is 6.61 Å². The lowest BCUT2D eigenvalue weighted by Crippen LogP contribution is -2.44. The van der Waals surface area contributed by atoms with E-state index in [4.69, 9.17) is 19.7 Å². The second kappa shape index (κ2) is 16.8. The molecule has 0 fully saturated rings. The van der Waals surface area contributed by atoms with Gasteiger partial charge in [-0.3, -0.25) is 4.79 Å². The third-order valence-corrected chi connectivity index (χ3v) is 8.10. The molecule has 0 aromatic carbocycles. The molecule has 7 nitrogen and oxygen atoms in total. The molecule has 9 heteroatoms. The van der Waals surface area contributed by atoms with Gasteiger partial charge in [0.2, 0.25) is 0 Å². The van der Waals surface area contributed by atoms with Crippen molar-refractivity contribution in [3.8, 4) is 0 Å². The topological polar surface area (TPSA) is 77.3 Å². The van der Waals surface area contributed by atoms with E-state index >= 15 is 0 Å². The highest BCUT2D eigenvalue weighted by Crippen LogP contribution is 2.50. The Morgan fingerprint density at radius 2 is 1.43 bits per heavy atom. The smallest absolute Gasteiger partial charge is 0.190 e. The van der Waals surface area contributed by atoms with Crippen LogP contribution in [0.15, 0.2) is 0 Å². The monoisotopic (exact) mass is 467 g/mol. The van der Waals surface area contributed by atoms with Gasteiger partial charge >= 0.3 is 0 Å². The molecule has 0 spiro atoms. The molecule has 1 atom stereocenters. The number of rotatable bonds is 17. The number of carbonyl (C=O) groups excluding carboxylic acids is 1. The minimum absolute atomic E-state index is 0.0999. The van der Waals surface area contributed by atoms with Crippen LogP contribution in [0.3, 0.4) is 0 Å². The van der Waals surface area contributed by atoms with E-state index in [0.29, 0.717) is 62.7 Å². The van der Waals surface area contributed by atoms with Crippen LogP contribution >= 0.6 is 20.2 Å². The Morgan fingerprint density at radius 1 is 0.933 bits per heavy atom. The van der Waals surface area contributed by atoms with Crippen LogP contribution in [-0.4, -0.2) is 77.0 Å². The van der Waals surface area contributed by atoms with Crippen molar-refractivity contribution < 1.29 is 18.8 Å². The number of hydrogen-bond donors (Lipinski definition) is 1. The van der Waals surface area contributed by atoms with Crippen molar-refractivity contribution in [1.82, 2.24) is 9.34 Å². The molecule has 0 radical (unpaired) electrons. The Labute approximate surface area is 190 Å². The first kappa shape index (κ1) is 30.2. The summed E-state index contributed by atoms with van der Waals surface area (Å²) in [6.07, 6.45) is -0.0551. The number of nitrogens with zero attached hydrogens (tertiary/aromatic N) is 2. The first-order valence-corrected chi connectivity index (χ1v) is 13.3. The second-order valence-electron chi connectivity index (χ2n) is 8.20. The van der Waals surface area contributed by atoms with Crippen LogP contribution in [0.25, 0.3) is 0 Å². The fraction of sp³-hybridized carbons (Fsp3) is 0.952. The zero-order valence-electron chi connectivity index (χ0n) is 20.6. The second-order valence-corrected chi connectivity index (χ2v) is 11.0. The van der Waals surface area contributed by atoms with E-state index in [2.05, 4.69) is 64.7 Å². The van der Waals surface area contributed by atoms with Crippen molar-refractivity contribution in [2.45, 2.75) is 99.2 Å². The van der Waals surface area contributed by atoms with Crippen molar-refractivity contribution in [2.24, 2.45) is 5.73 Å². The van der Waals surface area contributed by atoms with Crippen LogP contribution in [0.1, 0.15) is 68.7 Å². The fourth-order valence-electron chi connectivity index (χ4n) is 3.22. The number of nitrogens with two attached hydrogens (primary N) is 1. The maximum Gasteiger partial charge on any atom is 0.190 e. The van der Waals surface area contributed by atoms with Gasteiger partial charge in [0.25, 0.3) is 0 Å². The van der Waals surface area contributed by atoms with Gasteiger partial charge < -0.3 is 19.7 Å². The lowest BCUT2D eigenvalue weighted by atomic mass is 10.3. The first-order valence-electron chi connectivity index (χ1n) is 11.1. The number of thioether (sulfide) groups is 1. The van der Waals surface area contributed by atoms with Crippen LogP contribution in [0.4, 0.5) is 0 Å². The van der Waals surface area contributed by atoms with Gasteiger partial charge in [0, 0.05) is 49.5 Å². The quantitative estimate of drug-likeness (QED) is 0.191. The molecule has 1 unspecified atom stereocenters. The van der Waals surface area contributed by atoms with Crippen molar-refractivity contribution in [1.29, 1.82) is 0 Å². The third kappa shape index (κ3) is 11.7. The zero-order chi connectivity index (χ0) is 23.3. The molecule has 0 bridgehead atoms. The third-order valence-electron chi connectivity index (χ3n) is 4.19. The van der Waals surface area contributed by atoms with Gasteiger partial charge in [-0.15, -0.1) is 0 Å². The molecule has 0 aliphatic heterocycles. The summed E-state index contributed by atoms with van der Waals surface area (Å²) < 4.78 is 23.1. The van der Waals surface area contributed by atoms with Gasteiger partial charge in [-0.1, -0.05) is 11.8 Å². The largest absolute Gasteiger partial charge is 0.351 e. The molecule has 0 rings (SSSR count). The van der Waals surface area contributed by atoms with E-state index in [0.717, 1.165) is 0 Å². The highest BCUT2D eigenvalue weighted by atomic mass is 32.2. The van der Waals surface area contributed by atoms with Crippen LogP contribution in [0.5, 0.6) is 0 Å². The van der Waals surface area contributed by atoms with E-state index in [9.17, 15) is 4.79 Å². The molecule has 0 aliphatic carbocycles. The van der Waals surface area contributed by atoms with Crippen molar-refractivity contribution in [3.63, 3.8) is 0 Å². The Balaban J connectivity index is 5.13. The molecule has 0 aromatic heterocycles. The molecular formula is C21H46N3O4PS. The number of ether oxygens (including phenoxy) is 2. The molecule has 0 aromatic rings. The molecular weight excluding hydrogens is 421 g/mol. The van der Waals surface area contributed by atoms with Gasteiger partial charge in [-0.05, 0) is 62.3 Å². The maximum atomic E-state index is 11.6. The lowest BCUT2D eigenvalue weighted by molar-refractivity contribution is -0.152. The van der Waals surface area contributed by atoms with Gasteiger partial charge in [0.15, 0.2) is 19.9 Å². The van der Waals surface area contributed by atoms with Crippen LogP contribution in [0, 0.1) is 0 Å². The van der Waals surface area contributed by atoms with Gasteiger partial charge in [-0.25, -0.2) is 9.34 Å². The van der Waals surface area contributed by atoms with Crippen molar-refractivity contribution >= 4 is 25.3 Å². The van der Waals surface area contributed by atoms with Crippen molar-refractivity contribution in [3.05, 3.63) is 0 Å². The van der Waals surface area contributed by atoms with E-state index in [1.165, 1.54) is 11.8 Å². The number of carbonyl (C=O) groups is 1. The van der Waals surface area contributed by atoms with Gasteiger partial charge in [0.05, 0.1) is 6.61 Å². The van der Waals surface area contributed by atoms with E-state index in [1.54, 1.807) is 0 Å². The zero-order valence-corrected chi connectivity index (χ0v) is 22.3. The molecule has 0 aliphatic rings. The molecule has 2 N–H and O–H groups in total. The SMILES string of the molecule is CCOC(COP(N(C(C)C)C(C)C)N(C(C)C)C(C)C)OCCSC(=O)CCN. The molecule has 0 saturated heterocycles. The Hall–Kier alpha value is 0.210. The highest BCUT2D eigenvalue weighted by Gasteiger charge is 2.35. The molecule has 30 heavy (non-hydrogen) atoms. The summed E-state index contributed by atoms with van der Waals surface area (Å²) in [5.41, 5.74) is 5.41. The summed E-state index contributed by atoms with van der Waals surface area (Å²) in [6, 6.07) is 1.42. The highest BCUT2D eigenvalue weighted by molar-refractivity contribution is 8.13. The van der Waals surface area contributed by atoms with Crippen LogP contribution in [0.2, 0.25) is 0 Å². The summed E-state index contributed by atoms with van der Waals surface area (Å²) in [7, 11) is -0.989. The number of hydrogen-bond acceptors (Lipinski definition) is 8. The standard InChI is InChI=1S/C21H46N3O4PS/c1-10-26-21(27-13-14-30-20(25)11-12-22)15-28-29(23(16(2)3)17(4)5)24(18(6)7)19(8)9/h16-19,21H,10-15,22H2,1-9H3. The van der Waals surface area contributed by atoms with E-state index < -0.39 is 14.7 Å². The lowest BCUT2D eigenvalue weighted by Gasteiger charge is -2.45. The summed E-state index contributed by atoms with van der Waals surface area (Å²) in [4.78, 5) is 11.6. The normalized spacial score (nSPS) is 13.8. The minimum Gasteiger partial charge on any atom is -0.351 e. The molecule has 0 heterocycles. The average Bonchev–Trinajstić information content (AvgIpc) is 2.61. The van der Waals surface area contributed by atoms with Crippen LogP contribution in [-0.2, 0) is 18.8 Å². The fourth-order valence-corrected chi connectivity index (χ4v) is 6.23. The van der Waals surface area contributed by atoms with E-state index in [-0.39, 0.29) is 5.12 Å². The Bertz CT molecular complexity index is 420. The van der Waals surface area contributed by atoms with Crippen LogP contribution < -0.4 is 5.73 Å². The predicted octanol–water partition coefficient (Wildman–Crippen LogP) is 4.46. The Morgan fingerprint density at radius 3 is 1.83 bits per heavy atom. The summed E-state index contributed by atoms with van der Waals surface area (Å²) in [5.74, 6) is 0.589. The van der Waals surface area contributed by atoms with Crippen molar-refractivity contribution in [2.75, 3.05) is 32.1 Å². The summed E-state index contributed by atoms with van der Waals surface area (Å²) >= 11 is 1.26. The molecule has 180 valence electrons. The molecule has 0 saturated carbocycles. The summed E-state index contributed by atoms with van der Waals surface area (Å²) in [6.45, 7) is 21.4. The molecule has 0 amide bonds. The maximum absolute atomic E-state index is 11.6.